The van der Waals surface area contributed by atoms with Crippen LogP contribution in [-0.2, 0) is 12.8 Å². The molecule has 2 aromatic carbocycles. The Morgan fingerprint density at radius 1 is 1.04 bits per heavy atom. The fraction of sp³-hybridized carbons (Fsp3) is 0.158. The summed E-state index contributed by atoms with van der Waals surface area (Å²) in [6.07, 6.45) is 0. The van der Waals surface area contributed by atoms with Gasteiger partial charge in [-0.1, -0.05) is 59.8 Å². The second kappa shape index (κ2) is 6.17. The summed E-state index contributed by atoms with van der Waals surface area (Å²) in [6.45, 7) is 2.10. The molecule has 0 saturated carbocycles. The molecule has 0 unspecified atom stereocenters. The van der Waals surface area contributed by atoms with Gasteiger partial charge < -0.3 is 8.98 Å². The van der Waals surface area contributed by atoms with Gasteiger partial charge in [-0.2, -0.15) is 0 Å². The van der Waals surface area contributed by atoms with Crippen molar-refractivity contribution < 1.29 is 4.42 Å². The van der Waals surface area contributed by atoms with Gasteiger partial charge in [0.15, 0.2) is 16.7 Å². The highest BCUT2D eigenvalue weighted by atomic mass is 32.2. The molecule has 0 bridgehead atoms. The molecular formula is C19H17N3OS. The summed E-state index contributed by atoms with van der Waals surface area (Å²) in [6, 6.07) is 18.5. The predicted molar refractivity (Wildman–Crippen MR) is 97.0 cm³/mol. The number of rotatable bonds is 4. The first-order valence-corrected chi connectivity index (χ1v) is 8.76. The SMILES string of the molecule is Cc1ccc(CSc2nnc(-c3cc4ccccc4o3)n2C)cc1. The van der Waals surface area contributed by atoms with E-state index in [0.29, 0.717) is 0 Å². The summed E-state index contributed by atoms with van der Waals surface area (Å²) in [7, 11) is 1.97. The van der Waals surface area contributed by atoms with E-state index in [1.807, 2.05) is 41.9 Å². The van der Waals surface area contributed by atoms with Crippen molar-refractivity contribution in [2.75, 3.05) is 0 Å². The molecule has 0 spiro atoms. The number of hydrogen-bond acceptors (Lipinski definition) is 4. The van der Waals surface area contributed by atoms with E-state index in [9.17, 15) is 0 Å². The van der Waals surface area contributed by atoms with Crippen molar-refractivity contribution in [2.24, 2.45) is 7.05 Å². The average Bonchev–Trinajstić information content (AvgIpc) is 3.17. The lowest BCUT2D eigenvalue weighted by molar-refractivity contribution is 0.618. The molecule has 5 heteroatoms. The highest BCUT2D eigenvalue weighted by Gasteiger charge is 2.15. The highest BCUT2D eigenvalue weighted by molar-refractivity contribution is 7.98. The maximum Gasteiger partial charge on any atom is 0.200 e. The molecule has 4 aromatic rings. The first kappa shape index (κ1) is 15.0. The maximum absolute atomic E-state index is 5.89. The molecule has 120 valence electrons. The van der Waals surface area contributed by atoms with Gasteiger partial charge in [-0.05, 0) is 24.6 Å². The Labute approximate surface area is 144 Å². The van der Waals surface area contributed by atoms with Gasteiger partial charge in [-0.3, -0.25) is 0 Å². The molecule has 0 saturated heterocycles. The van der Waals surface area contributed by atoms with Crippen LogP contribution < -0.4 is 0 Å². The molecule has 4 nitrogen and oxygen atoms in total. The molecule has 0 radical (unpaired) electrons. The summed E-state index contributed by atoms with van der Waals surface area (Å²) >= 11 is 1.68. The Bertz CT molecular complexity index is 952. The zero-order valence-corrected chi connectivity index (χ0v) is 14.4. The molecule has 0 aliphatic carbocycles. The van der Waals surface area contributed by atoms with Gasteiger partial charge in [0.05, 0.1) is 0 Å². The standard InChI is InChI=1S/C19H17N3OS/c1-13-7-9-14(10-8-13)12-24-19-21-20-18(22(19)2)17-11-15-5-3-4-6-16(15)23-17/h3-11H,12H2,1-2H3. The van der Waals surface area contributed by atoms with Gasteiger partial charge in [0.25, 0.3) is 0 Å². The van der Waals surface area contributed by atoms with Gasteiger partial charge in [0.2, 0.25) is 0 Å². The quantitative estimate of drug-likeness (QED) is 0.501. The van der Waals surface area contributed by atoms with Crippen molar-refractivity contribution in [3.05, 3.63) is 65.7 Å². The van der Waals surface area contributed by atoms with Gasteiger partial charge >= 0.3 is 0 Å². The van der Waals surface area contributed by atoms with Crippen LogP contribution in [0, 0.1) is 6.92 Å². The Hall–Kier alpha value is -2.53. The van der Waals surface area contributed by atoms with Crippen molar-refractivity contribution in [2.45, 2.75) is 17.8 Å². The van der Waals surface area contributed by atoms with Crippen molar-refractivity contribution in [3.63, 3.8) is 0 Å². The lowest BCUT2D eigenvalue weighted by Crippen LogP contribution is -1.94. The molecular weight excluding hydrogens is 318 g/mol. The molecule has 2 heterocycles. The van der Waals surface area contributed by atoms with Crippen LogP contribution in [0.15, 0.2) is 64.2 Å². The van der Waals surface area contributed by atoms with Gasteiger partial charge in [-0.25, -0.2) is 0 Å². The number of furan rings is 1. The average molecular weight is 335 g/mol. The summed E-state index contributed by atoms with van der Waals surface area (Å²) < 4.78 is 7.87. The smallest absolute Gasteiger partial charge is 0.200 e. The number of thioether (sulfide) groups is 1. The van der Waals surface area contributed by atoms with Crippen LogP contribution in [-0.4, -0.2) is 14.8 Å². The van der Waals surface area contributed by atoms with Crippen molar-refractivity contribution in [1.82, 2.24) is 14.8 Å². The number of nitrogens with zero attached hydrogens (tertiary/aromatic N) is 3. The molecule has 0 aliphatic heterocycles. The molecule has 0 amide bonds. The topological polar surface area (TPSA) is 43.9 Å². The van der Waals surface area contributed by atoms with Crippen molar-refractivity contribution in [1.29, 1.82) is 0 Å². The normalized spacial score (nSPS) is 11.2. The van der Waals surface area contributed by atoms with Crippen LogP contribution in [0.5, 0.6) is 0 Å². The molecule has 0 fully saturated rings. The third-order valence-corrected chi connectivity index (χ3v) is 5.06. The minimum atomic E-state index is 0.744. The van der Waals surface area contributed by atoms with Crippen LogP contribution in [0.4, 0.5) is 0 Å². The fourth-order valence-corrected chi connectivity index (χ4v) is 3.45. The van der Waals surface area contributed by atoms with E-state index in [1.165, 1.54) is 11.1 Å². The molecule has 0 N–H and O–H groups in total. The molecule has 4 rings (SSSR count). The van der Waals surface area contributed by atoms with Crippen molar-refractivity contribution in [3.8, 4) is 11.6 Å². The maximum atomic E-state index is 5.89. The summed E-state index contributed by atoms with van der Waals surface area (Å²) in [4.78, 5) is 0. The summed E-state index contributed by atoms with van der Waals surface area (Å²) in [5, 5.41) is 10.6. The fourth-order valence-electron chi connectivity index (χ4n) is 2.58. The monoisotopic (exact) mass is 335 g/mol. The van der Waals surface area contributed by atoms with E-state index >= 15 is 0 Å². The van der Waals surface area contributed by atoms with E-state index in [2.05, 4.69) is 41.4 Å². The van der Waals surface area contributed by atoms with E-state index in [1.54, 1.807) is 11.8 Å². The number of fused-ring (bicyclic) bond motifs is 1. The Balaban J connectivity index is 1.57. The van der Waals surface area contributed by atoms with E-state index in [4.69, 9.17) is 4.42 Å². The van der Waals surface area contributed by atoms with E-state index < -0.39 is 0 Å². The minimum absolute atomic E-state index is 0.744. The molecule has 2 aromatic heterocycles. The van der Waals surface area contributed by atoms with Gasteiger partial charge in [0.1, 0.15) is 5.58 Å². The minimum Gasteiger partial charge on any atom is -0.453 e. The lowest BCUT2D eigenvalue weighted by Gasteiger charge is -2.03. The lowest BCUT2D eigenvalue weighted by atomic mass is 10.2. The number of para-hydroxylation sites is 1. The predicted octanol–water partition coefficient (Wildman–Crippen LogP) is 4.83. The third-order valence-electron chi connectivity index (χ3n) is 3.97. The zero-order chi connectivity index (χ0) is 16.5. The van der Waals surface area contributed by atoms with Crippen molar-refractivity contribution >= 4 is 22.7 Å². The number of benzene rings is 2. The number of hydrogen-bond donors (Lipinski definition) is 0. The number of aryl methyl sites for hydroxylation is 1. The zero-order valence-electron chi connectivity index (χ0n) is 13.6. The summed E-state index contributed by atoms with van der Waals surface area (Å²) in [5.74, 6) is 2.36. The van der Waals surface area contributed by atoms with Crippen LogP contribution >= 0.6 is 11.8 Å². The van der Waals surface area contributed by atoms with E-state index in [-0.39, 0.29) is 0 Å². The molecule has 0 aliphatic rings. The van der Waals surface area contributed by atoms with Crippen LogP contribution in [0.25, 0.3) is 22.6 Å². The van der Waals surface area contributed by atoms with Crippen LogP contribution in [0.3, 0.4) is 0 Å². The van der Waals surface area contributed by atoms with Gasteiger partial charge in [-0.15, -0.1) is 10.2 Å². The van der Waals surface area contributed by atoms with E-state index in [0.717, 1.165) is 33.5 Å². The largest absolute Gasteiger partial charge is 0.453 e. The third kappa shape index (κ3) is 2.83. The first-order chi connectivity index (χ1) is 11.7. The first-order valence-electron chi connectivity index (χ1n) is 7.77. The molecule has 0 atom stereocenters. The number of aromatic nitrogens is 3. The second-order valence-electron chi connectivity index (χ2n) is 5.79. The van der Waals surface area contributed by atoms with Crippen LogP contribution in [0.2, 0.25) is 0 Å². The Morgan fingerprint density at radius 2 is 1.83 bits per heavy atom. The highest BCUT2D eigenvalue weighted by Crippen LogP contribution is 2.29. The summed E-state index contributed by atoms with van der Waals surface area (Å²) in [5.41, 5.74) is 3.41. The van der Waals surface area contributed by atoms with Crippen LogP contribution in [0.1, 0.15) is 11.1 Å². The Morgan fingerprint density at radius 3 is 2.62 bits per heavy atom. The Kier molecular flexibility index (Phi) is 3.86. The molecule has 24 heavy (non-hydrogen) atoms. The second-order valence-corrected chi connectivity index (χ2v) is 6.73. The van der Waals surface area contributed by atoms with Gasteiger partial charge in [0, 0.05) is 18.2 Å².